The molecular weight excluding hydrogens is 392 g/mol. The molecule has 2 aromatic carbocycles. The largest absolute Gasteiger partial charge is 0.496 e. The van der Waals surface area contributed by atoms with Gasteiger partial charge in [-0.1, -0.05) is 30.3 Å². The minimum atomic E-state index is -0.0955. The number of thiophene rings is 1. The van der Waals surface area contributed by atoms with E-state index in [2.05, 4.69) is 22.4 Å². The van der Waals surface area contributed by atoms with E-state index in [1.54, 1.807) is 24.6 Å². The van der Waals surface area contributed by atoms with E-state index in [1.165, 1.54) is 0 Å². The molecule has 4 aromatic rings. The standard InChI is InChI=1S/C25H18N2O2S/c1-29-23-9-6-16(13-21(23)24-5-3-11-30-24)12-20-19-8-7-17(14-22(19)27-25(20)28)18-4-2-10-26-15-18/h2-15H,1H3,(H,27,28). The van der Waals surface area contributed by atoms with Crippen molar-refractivity contribution in [2.24, 2.45) is 0 Å². The molecule has 1 N–H and O–H groups in total. The highest BCUT2D eigenvalue weighted by atomic mass is 32.1. The van der Waals surface area contributed by atoms with Gasteiger partial charge in [0.05, 0.1) is 7.11 Å². The van der Waals surface area contributed by atoms with Crippen molar-refractivity contribution >= 4 is 34.6 Å². The van der Waals surface area contributed by atoms with Crippen LogP contribution in [0.25, 0.3) is 33.2 Å². The van der Waals surface area contributed by atoms with E-state index in [4.69, 9.17) is 4.74 Å². The number of benzene rings is 2. The molecule has 0 spiro atoms. The van der Waals surface area contributed by atoms with Crippen LogP contribution < -0.4 is 10.1 Å². The Morgan fingerprint density at radius 1 is 1.00 bits per heavy atom. The Bertz CT molecular complexity index is 1260. The summed E-state index contributed by atoms with van der Waals surface area (Å²) >= 11 is 1.66. The number of hydrogen-bond donors (Lipinski definition) is 1. The summed E-state index contributed by atoms with van der Waals surface area (Å²) in [5.41, 5.74) is 6.39. The molecule has 0 unspecified atom stereocenters. The second-order valence-corrected chi connectivity index (χ2v) is 7.90. The second kappa shape index (κ2) is 7.61. The Morgan fingerprint density at radius 3 is 2.70 bits per heavy atom. The van der Waals surface area contributed by atoms with E-state index in [1.807, 2.05) is 66.2 Å². The average Bonchev–Trinajstić information content (AvgIpc) is 3.42. The van der Waals surface area contributed by atoms with Gasteiger partial charge in [0.1, 0.15) is 5.75 Å². The first-order chi connectivity index (χ1) is 14.7. The van der Waals surface area contributed by atoms with Crippen molar-refractivity contribution in [1.82, 2.24) is 4.98 Å². The van der Waals surface area contributed by atoms with E-state index in [9.17, 15) is 4.79 Å². The van der Waals surface area contributed by atoms with Gasteiger partial charge in [-0.05, 0) is 52.9 Å². The third kappa shape index (κ3) is 3.29. The maximum Gasteiger partial charge on any atom is 0.256 e. The highest BCUT2D eigenvalue weighted by molar-refractivity contribution is 7.13. The summed E-state index contributed by atoms with van der Waals surface area (Å²) in [5.74, 6) is 0.721. The number of rotatable bonds is 4. The number of anilines is 1. The van der Waals surface area contributed by atoms with Crippen molar-refractivity contribution in [2.75, 3.05) is 12.4 Å². The summed E-state index contributed by atoms with van der Waals surface area (Å²) in [6.07, 6.45) is 5.50. The van der Waals surface area contributed by atoms with Gasteiger partial charge in [0.25, 0.3) is 5.91 Å². The van der Waals surface area contributed by atoms with Gasteiger partial charge in [0.2, 0.25) is 0 Å². The molecule has 0 radical (unpaired) electrons. The molecule has 2 aromatic heterocycles. The molecule has 146 valence electrons. The van der Waals surface area contributed by atoms with Crippen LogP contribution in [0.4, 0.5) is 5.69 Å². The number of nitrogens with one attached hydrogen (secondary N) is 1. The van der Waals surface area contributed by atoms with Gasteiger partial charge in [0.15, 0.2) is 0 Å². The average molecular weight is 410 g/mol. The molecule has 0 atom stereocenters. The number of carbonyl (C=O) groups is 1. The summed E-state index contributed by atoms with van der Waals surface area (Å²) in [5, 5.41) is 5.03. The first kappa shape index (κ1) is 18.3. The third-order valence-electron chi connectivity index (χ3n) is 5.12. The van der Waals surface area contributed by atoms with Gasteiger partial charge < -0.3 is 10.1 Å². The van der Waals surface area contributed by atoms with Crippen molar-refractivity contribution in [3.8, 4) is 27.3 Å². The SMILES string of the molecule is COc1ccc(C=C2C(=O)Nc3cc(-c4cccnc4)ccc32)cc1-c1cccs1. The number of nitrogens with zero attached hydrogens (tertiary/aromatic N) is 1. The Kier molecular flexibility index (Phi) is 4.65. The lowest BCUT2D eigenvalue weighted by Crippen LogP contribution is -2.03. The predicted molar refractivity (Wildman–Crippen MR) is 122 cm³/mol. The lowest BCUT2D eigenvalue weighted by Gasteiger charge is -2.08. The van der Waals surface area contributed by atoms with Crippen LogP contribution >= 0.6 is 11.3 Å². The van der Waals surface area contributed by atoms with Gasteiger partial charge in [-0.15, -0.1) is 11.3 Å². The van der Waals surface area contributed by atoms with Gasteiger partial charge in [-0.25, -0.2) is 0 Å². The summed E-state index contributed by atoms with van der Waals surface area (Å²) in [6, 6.07) is 20.0. The Morgan fingerprint density at radius 2 is 1.93 bits per heavy atom. The quantitative estimate of drug-likeness (QED) is 0.421. The fraction of sp³-hybridized carbons (Fsp3) is 0.0400. The molecule has 1 amide bonds. The molecule has 1 aliphatic rings. The van der Waals surface area contributed by atoms with E-state index in [-0.39, 0.29) is 5.91 Å². The molecule has 0 saturated carbocycles. The molecule has 0 saturated heterocycles. The maximum absolute atomic E-state index is 12.7. The minimum Gasteiger partial charge on any atom is -0.496 e. The lowest BCUT2D eigenvalue weighted by molar-refractivity contribution is -0.110. The highest BCUT2D eigenvalue weighted by Gasteiger charge is 2.24. The van der Waals surface area contributed by atoms with Gasteiger partial charge >= 0.3 is 0 Å². The predicted octanol–water partition coefficient (Wildman–Crippen LogP) is 5.98. The van der Waals surface area contributed by atoms with Crippen molar-refractivity contribution in [3.05, 3.63) is 89.6 Å². The van der Waals surface area contributed by atoms with Gasteiger partial charge in [-0.2, -0.15) is 0 Å². The minimum absolute atomic E-state index is 0.0955. The monoisotopic (exact) mass is 410 g/mol. The number of amides is 1. The van der Waals surface area contributed by atoms with Crippen molar-refractivity contribution in [2.45, 2.75) is 0 Å². The molecule has 1 aliphatic heterocycles. The molecular formula is C25H18N2O2S. The molecule has 5 rings (SSSR count). The number of methoxy groups -OCH3 is 1. The number of pyridine rings is 1. The fourth-order valence-electron chi connectivity index (χ4n) is 3.66. The van der Waals surface area contributed by atoms with E-state index in [0.717, 1.165) is 44.1 Å². The van der Waals surface area contributed by atoms with E-state index >= 15 is 0 Å². The fourth-order valence-corrected chi connectivity index (χ4v) is 4.40. The third-order valence-corrected chi connectivity index (χ3v) is 6.02. The zero-order chi connectivity index (χ0) is 20.5. The number of fused-ring (bicyclic) bond motifs is 1. The first-order valence-electron chi connectivity index (χ1n) is 9.53. The van der Waals surface area contributed by atoms with Crippen LogP contribution in [0.15, 0.2) is 78.4 Å². The smallest absolute Gasteiger partial charge is 0.256 e. The zero-order valence-corrected chi connectivity index (χ0v) is 17.1. The summed E-state index contributed by atoms with van der Waals surface area (Å²) in [6.45, 7) is 0. The van der Waals surface area contributed by atoms with Crippen LogP contribution in [0.5, 0.6) is 5.75 Å². The molecule has 5 heteroatoms. The number of carbonyl (C=O) groups excluding carboxylic acids is 1. The summed E-state index contributed by atoms with van der Waals surface area (Å²) in [4.78, 5) is 18.0. The number of ether oxygens (including phenoxy) is 1. The van der Waals surface area contributed by atoms with Crippen LogP contribution in [0.2, 0.25) is 0 Å². The summed E-state index contributed by atoms with van der Waals surface area (Å²) < 4.78 is 5.53. The van der Waals surface area contributed by atoms with Crippen LogP contribution in [-0.4, -0.2) is 18.0 Å². The normalized spacial score (nSPS) is 13.9. The van der Waals surface area contributed by atoms with Crippen molar-refractivity contribution in [1.29, 1.82) is 0 Å². The van der Waals surface area contributed by atoms with Crippen LogP contribution in [-0.2, 0) is 4.79 Å². The van der Waals surface area contributed by atoms with Gasteiger partial charge in [0, 0.05) is 45.2 Å². The van der Waals surface area contributed by atoms with Crippen LogP contribution in [0, 0.1) is 0 Å². The zero-order valence-electron chi connectivity index (χ0n) is 16.3. The van der Waals surface area contributed by atoms with Crippen LogP contribution in [0.3, 0.4) is 0 Å². The van der Waals surface area contributed by atoms with E-state index in [0.29, 0.717) is 5.57 Å². The van der Waals surface area contributed by atoms with Crippen LogP contribution in [0.1, 0.15) is 11.1 Å². The number of hydrogen-bond acceptors (Lipinski definition) is 4. The maximum atomic E-state index is 12.7. The Labute approximate surface area is 178 Å². The summed E-state index contributed by atoms with van der Waals surface area (Å²) in [7, 11) is 1.67. The molecule has 0 fully saturated rings. The first-order valence-corrected chi connectivity index (χ1v) is 10.4. The topological polar surface area (TPSA) is 51.2 Å². The number of aromatic nitrogens is 1. The Balaban J connectivity index is 1.55. The highest BCUT2D eigenvalue weighted by Crippen LogP contribution is 2.38. The molecule has 4 nitrogen and oxygen atoms in total. The van der Waals surface area contributed by atoms with E-state index < -0.39 is 0 Å². The lowest BCUT2D eigenvalue weighted by atomic mass is 9.99. The second-order valence-electron chi connectivity index (χ2n) is 6.95. The molecule has 0 bridgehead atoms. The van der Waals surface area contributed by atoms with Crippen molar-refractivity contribution < 1.29 is 9.53 Å². The van der Waals surface area contributed by atoms with Gasteiger partial charge in [-0.3, -0.25) is 9.78 Å². The molecule has 3 heterocycles. The Hall–Kier alpha value is -3.70. The molecule has 0 aliphatic carbocycles. The van der Waals surface area contributed by atoms with Crippen molar-refractivity contribution in [3.63, 3.8) is 0 Å². The molecule has 30 heavy (non-hydrogen) atoms.